The number of pyridine rings is 1. The number of aryl methyl sites for hydroxylation is 2. The Morgan fingerprint density at radius 1 is 1.19 bits per heavy atom. The van der Waals surface area contributed by atoms with Crippen LogP contribution in [0.4, 0.5) is 0 Å². The van der Waals surface area contributed by atoms with Gasteiger partial charge in [-0.05, 0) is 73.6 Å². The van der Waals surface area contributed by atoms with Crippen LogP contribution in [-0.4, -0.2) is 40.3 Å². The summed E-state index contributed by atoms with van der Waals surface area (Å²) >= 11 is 0. The van der Waals surface area contributed by atoms with Gasteiger partial charge in [-0.25, -0.2) is 0 Å². The largest absolute Gasteiger partial charge is 0.353 e. The summed E-state index contributed by atoms with van der Waals surface area (Å²) in [6, 6.07) is 11.0. The second kappa shape index (κ2) is 8.34. The van der Waals surface area contributed by atoms with Crippen LogP contribution in [0.5, 0.6) is 0 Å². The zero-order valence-corrected chi connectivity index (χ0v) is 19.1. The van der Waals surface area contributed by atoms with Gasteiger partial charge in [-0.2, -0.15) is 0 Å². The average Bonchev–Trinajstić information content (AvgIpc) is 3.13. The van der Waals surface area contributed by atoms with E-state index in [1.165, 1.54) is 11.1 Å². The van der Waals surface area contributed by atoms with Crippen LogP contribution in [0, 0.1) is 18.3 Å². The molecule has 5 heteroatoms. The third-order valence-electron chi connectivity index (χ3n) is 7.94. The molecule has 5 rings (SSSR count). The number of carbonyl (C=O) groups is 2. The van der Waals surface area contributed by atoms with Gasteiger partial charge in [0, 0.05) is 31.0 Å². The van der Waals surface area contributed by atoms with Crippen LogP contribution in [0.2, 0.25) is 0 Å². The summed E-state index contributed by atoms with van der Waals surface area (Å²) in [5.41, 5.74) is 4.40. The first-order chi connectivity index (χ1) is 15.4. The molecule has 2 fully saturated rings. The van der Waals surface area contributed by atoms with E-state index in [1.54, 1.807) is 6.20 Å². The third-order valence-corrected chi connectivity index (χ3v) is 7.94. The van der Waals surface area contributed by atoms with Crippen molar-refractivity contribution in [1.29, 1.82) is 0 Å². The number of benzene rings is 1. The molecule has 5 nitrogen and oxygen atoms in total. The summed E-state index contributed by atoms with van der Waals surface area (Å²) in [7, 11) is 0. The van der Waals surface area contributed by atoms with E-state index in [4.69, 9.17) is 0 Å². The Morgan fingerprint density at radius 2 is 2.00 bits per heavy atom. The van der Waals surface area contributed by atoms with Gasteiger partial charge < -0.3 is 10.2 Å². The van der Waals surface area contributed by atoms with Crippen molar-refractivity contribution in [2.45, 2.75) is 70.9 Å². The highest BCUT2D eigenvalue weighted by molar-refractivity contribution is 5.83. The molecule has 168 valence electrons. The monoisotopic (exact) mass is 431 g/mol. The van der Waals surface area contributed by atoms with Crippen molar-refractivity contribution >= 4 is 11.8 Å². The van der Waals surface area contributed by atoms with E-state index < -0.39 is 0 Å². The molecule has 2 heterocycles. The summed E-state index contributed by atoms with van der Waals surface area (Å²) < 4.78 is 0. The van der Waals surface area contributed by atoms with Gasteiger partial charge in [0.25, 0.3) is 0 Å². The van der Waals surface area contributed by atoms with Gasteiger partial charge >= 0.3 is 0 Å². The van der Waals surface area contributed by atoms with Crippen LogP contribution in [0.15, 0.2) is 42.7 Å². The minimum absolute atomic E-state index is 0.172. The lowest BCUT2D eigenvalue weighted by molar-refractivity contribution is -0.132. The molecule has 0 radical (unpaired) electrons. The molecule has 4 atom stereocenters. The molecule has 1 N–H and O–H groups in total. The van der Waals surface area contributed by atoms with E-state index in [1.807, 2.05) is 19.2 Å². The topological polar surface area (TPSA) is 62.3 Å². The fourth-order valence-corrected chi connectivity index (χ4v) is 6.04. The summed E-state index contributed by atoms with van der Waals surface area (Å²) in [4.78, 5) is 32.7. The molecule has 1 saturated carbocycles. The summed E-state index contributed by atoms with van der Waals surface area (Å²) in [6.07, 6.45) is 9.62. The van der Waals surface area contributed by atoms with Crippen molar-refractivity contribution in [1.82, 2.24) is 15.2 Å². The van der Waals surface area contributed by atoms with Crippen molar-refractivity contribution in [3.8, 4) is 0 Å². The lowest BCUT2D eigenvalue weighted by Gasteiger charge is -2.37. The van der Waals surface area contributed by atoms with Crippen molar-refractivity contribution in [3.05, 3.63) is 65.0 Å². The molecule has 1 aromatic carbocycles. The fourth-order valence-electron chi connectivity index (χ4n) is 6.04. The van der Waals surface area contributed by atoms with Gasteiger partial charge in [0.15, 0.2) is 0 Å². The summed E-state index contributed by atoms with van der Waals surface area (Å²) in [5.74, 6) is 0.732. The van der Waals surface area contributed by atoms with Crippen molar-refractivity contribution in [2.75, 3.05) is 6.54 Å². The molecule has 2 amide bonds. The number of aromatic nitrogens is 1. The molecule has 2 bridgehead atoms. The van der Waals surface area contributed by atoms with Gasteiger partial charge in [-0.1, -0.05) is 37.3 Å². The summed E-state index contributed by atoms with van der Waals surface area (Å²) in [5, 5.41) is 3.42. The van der Waals surface area contributed by atoms with Gasteiger partial charge in [0.2, 0.25) is 11.8 Å². The number of likely N-dealkylation sites (tertiary alicyclic amines) is 1. The number of hydrogen-bond acceptors (Lipinski definition) is 3. The first-order valence-electron chi connectivity index (χ1n) is 12.0. The Morgan fingerprint density at radius 3 is 2.81 bits per heavy atom. The minimum Gasteiger partial charge on any atom is -0.353 e. The molecular formula is C27H33N3O2. The van der Waals surface area contributed by atoms with Crippen molar-refractivity contribution in [3.63, 3.8) is 0 Å². The standard InChI is InChI=1S/C27H33N3O2/c1-18-11-19(16-28-15-18)12-25(31)30-17-22-13-23(30)7-8-24(22)29-26(32)27(2)10-9-20-5-3-4-6-21(20)14-27/h3-6,11,15-16,22-24H,7-10,12-14,17H2,1-2H3,(H,29,32). The minimum atomic E-state index is -0.350. The van der Waals surface area contributed by atoms with Crippen molar-refractivity contribution in [2.24, 2.45) is 11.3 Å². The van der Waals surface area contributed by atoms with Crippen LogP contribution >= 0.6 is 0 Å². The highest BCUT2D eigenvalue weighted by Crippen LogP contribution is 2.39. The SMILES string of the molecule is Cc1cncc(CC(=O)N2CC3CC2CCC3NC(=O)C2(C)CCc3ccccc3C2)c1. The van der Waals surface area contributed by atoms with Crippen LogP contribution in [0.25, 0.3) is 0 Å². The molecule has 1 aromatic heterocycles. The number of carbonyl (C=O) groups excluding carboxylic acids is 2. The first-order valence-corrected chi connectivity index (χ1v) is 12.0. The zero-order chi connectivity index (χ0) is 22.3. The van der Waals surface area contributed by atoms with E-state index in [-0.39, 0.29) is 23.3 Å². The summed E-state index contributed by atoms with van der Waals surface area (Å²) in [6.45, 7) is 4.88. The number of hydrogen-bond donors (Lipinski definition) is 1. The van der Waals surface area contributed by atoms with Gasteiger partial charge in [-0.3, -0.25) is 14.6 Å². The maximum absolute atomic E-state index is 13.4. The highest BCUT2D eigenvalue weighted by Gasteiger charge is 2.45. The van der Waals surface area contributed by atoms with Gasteiger partial charge in [0.05, 0.1) is 11.8 Å². The second-order valence-corrected chi connectivity index (χ2v) is 10.4. The van der Waals surface area contributed by atoms with Crippen LogP contribution < -0.4 is 5.32 Å². The predicted molar refractivity (Wildman–Crippen MR) is 124 cm³/mol. The van der Waals surface area contributed by atoms with Gasteiger partial charge in [-0.15, -0.1) is 0 Å². The predicted octanol–water partition coefficient (Wildman–Crippen LogP) is 3.62. The Balaban J connectivity index is 1.21. The van der Waals surface area contributed by atoms with Crippen molar-refractivity contribution < 1.29 is 9.59 Å². The molecule has 2 aliphatic carbocycles. The number of nitrogens with zero attached hydrogens (tertiary/aromatic N) is 2. The fraction of sp³-hybridized carbons (Fsp3) is 0.519. The maximum atomic E-state index is 13.4. The smallest absolute Gasteiger partial charge is 0.227 e. The highest BCUT2D eigenvalue weighted by atomic mass is 16.2. The van der Waals surface area contributed by atoms with Crippen LogP contribution in [-0.2, 0) is 28.9 Å². The Kier molecular flexibility index (Phi) is 5.52. The van der Waals surface area contributed by atoms with E-state index in [9.17, 15) is 9.59 Å². The third kappa shape index (κ3) is 4.05. The lowest BCUT2D eigenvalue weighted by Crippen LogP contribution is -2.50. The quantitative estimate of drug-likeness (QED) is 0.804. The molecule has 32 heavy (non-hydrogen) atoms. The normalized spacial score (nSPS) is 28.8. The van der Waals surface area contributed by atoms with E-state index in [0.29, 0.717) is 18.4 Å². The van der Waals surface area contributed by atoms with Gasteiger partial charge in [0.1, 0.15) is 0 Å². The molecule has 0 spiro atoms. The zero-order valence-electron chi connectivity index (χ0n) is 19.1. The molecule has 4 unspecified atom stereocenters. The molecule has 1 aliphatic heterocycles. The molecule has 1 saturated heterocycles. The number of amides is 2. The van der Waals surface area contributed by atoms with E-state index in [2.05, 4.69) is 46.4 Å². The molecule has 3 aliphatic rings. The van der Waals surface area contributed by atoms with E-state index in [0.717, 1.165) is 56.2 Å². The lowest BCUT2D eigenvalue weighted by atomic mass is 9.72. The Labute approximate surface area is 190 Å². The number of nitrogens with one attached hydrogen (secondary N) is 1. The van der Waals surface area contributed by atoms with Crippen LogP contribution in [0.3, 0.4) is 0 Å². The first kappa shape index (κ1) is 21.2. The van der Waals surface area contributed by atoms with E-state index >= 15 is 0 Å². The Hall–Kier alpha value is -2.69. The molecule has 2 aromatic rings. The number of rotatable bonds is 4. The number of fused-ring (bicyclic) bond motifs is 3. The second-order valence-electron chi connectivity index (χ2n) is 10.4. The average molecular weight is 432 g/mol. The van der Waals surface area contributed by atoms with Crippen LogP contribution in [0.1, 0.15) is 54.9 Å². The maximum Gasteiger partial charge on any atom is 0.227 e. The molecular weight excluding hydrogens is 398 g/mol. The Bertz CT molecular complexity index is 1040.